The van der Waals surface area contributed by atoms with Crippen molar-refractivity contribution in [2.45, 2.75) is 152 Å². The van der Waals surface area contributed by atoms with E-state index < -0.39 is 0 Å². The van der Waals surface area contributed by atoms with Gasteiger partial charge < -0.3 is 4.57 Å². The van der Waals surface area contributed by atoms with Gasteiger partial charge in [0.15, 0.2) is 0 Å². The third kappa shape index (κ3) is 9.79. The zero-order valence-electron chi connectivity index (χ0n) is 52.2. The molecule has 0 atom stereocenters. The van der Waals surface area contributed by atoms with Crippen LogP contribution in [0.2, 0.25) is 0 Å². The van der Waals surface area contributed by atoms with Crippen molar-refractivity contribution in [3.05, 3.63) is 223 Å². The Labute approximate surface area is 533 Å². The predicted octanol–water partition coefficient (Wildman–Crippen LogP) is 24.1. The fourth-order valence-corrected chi connectivity index (χ4v) is 17.5. The van der Waals surface area contributed by atoms with Crippen LogP contribution >= 0.6 is 0 Å². The molecule has 446 valence electrons. The molecular formula is C86H77N5. The van der Waals surface area contributed by atoms with E-state index in [0.717, 1.165) is 72.5 Å². The van der Waals surface area contributed by atoms with Crippen LogP contribution in [0, 0.1) is 0 Å². The van der Waals surface area contributed by atoms with Gasteiger partial charge in [0, 0.05) is 49.1 Å². The molecule has 0 spiro atoms. The van der Waals surface area contributed by atoms with Crippen molar-refractivity contribution in [2.24, 2.45) is 0 Å². The lowest BCUT2D eigenvalue weighted by atomic mass is 9.81. The molecule has 3 heterocycles. The molecule has 3 aromatic heterocycles. The molecule has 91 heavy (non-hydrogen) atoms. The number of para-hydroxylation sites is 1. The van der Waals surface area contributed by atoms with E-state index in [1.54, 1.807) is 0 Å². The quantitative estimate of drug-likeness (QED) is 0.135. The lowest BCUT2D eigenvalue weighted by molar-refractivity contribution is 0.444. The minimum absolute atomic E-state index is 0.624. The number of rotatable bonds is 9. The van der Waals surface area contributed by atoms with Crippen molar-refractivity contribution in [1.29, 1.82) is 0 Å². The van der Waals surface area contributed by atoms with Gasteiger partial charge >= 0.3 is 0 Å². The summed E-state index contributed by atoms with van der Waals surface area (Å²) in [6, 6.07) is 72.0. The Balaban J connectivity index is 0.720. The van der Waals surface area contributed by atoms with Crippen molar-refractivity contribution >= 4 is 87.0 Å². The highest BCUT2D eigenvalue weighted by Crippen LogP contribution is 2.46. The molecule has 4 fully saturated rings. The van der Waals surface area contributed by atoms with Crippen LogP contribution in [-0.2, 0) is 0 Å². The summed E-state index contributed by atoms with van der Waals surface area (Å²) < 4.78 is 2.42. The minimum Gasteiger partial charge on any atom is -0.309 e. The van der Waals surface area contributed by atoms with Crippen LogP contribution in [0.5, 0.6) is 0 Å². The normalized spacial score (nSPS) is 16.8. The van der Waals surface area contributed by atoms with Gasteiger partial charge in [0.05, 0.1) is 56.9 Å². The summed E-state index contributed by atoms with van der Waals surface area (Å²) in [7, 11) is 0. The zero-order chi connectivity index (χ0) is 59.9. The van der Waals surface area contributed by atoms with Gasteiger partial charge in [-0.25, -0.2) is 9.97 Å². The van der Waals surface area contributed by atoms with Gasteiger partial charge in [0.2, 0.25) is 0 Å². The van der Waals surface area contributed by atoms with E-state index >= 15 is 0 Å². The number of aromatic nitrogens is 5. The van der Waals surface area contributed by atoms with Crippen molar-refractivity contribution in [3.8, 4) is 50.5 Å². The monoisotopic (exact) mass is 1180 g/mol. The van der Waals surface area contributed by atoms with E-state index in [2.05, 4.69) is 193 Å². The first-order valence-electron chi connectivity index (χ1n) is 34.8. The number of hydrogen-bond acceptors (Lipinski definition) is 4. The molecule has 0 N–H and O–H groups in total. The molecule has 5 heteroatoms. The Kier molecular flexibility index (Phi) is 13.9. The van der Waals surface area contributed by atoms with Gasteiger partial charge in [0.1, 0.15) is 0 Å². The lowest BCUT2D eigenvalue weighted by Gasteiger charge is -2.24. The Morgan fingerprint density at radius 1 is 0.253 bits per heavy atom. The van der Waals surface area contributed by atoms with Gasteiger partial charge in [0.25, 0.3) is 0 Å². The topological polar surface area (TPSA) is 56.5 Å². The second-order valence-corrected chi connectivity index (χ2v) is 27.8. The zero-order valence-corrected chi connectivity index (χ0v) is 52.2. The molecule has 0 aliphatic heterocycles. The summed E-state index contributed by atoms with van der Waals surface area (Å²) in [6.45, 7) is 0. The molecule has 11 aromatic carbocycles. The van der Waals surface area contributed by atoms with Crippen LogP contribution in [0.3, 0.4) is 0 Å². The number of fused-ring (bicyclic) bond motifs is 15. The van der Waals surface area contributed by atoms with E-state index in [-0.39, 0.29) is 0 Å². The Bertz CT molecular complexity index is 4860. The molecule has 14 aromatic rings. The van der Waals surface area contributed by atoms with Crippen LogP contribution in [0.1, 0.15) is 174 Å². The number of hydrogen-bond donors (Lipinski definition) is 0. The maximum Gasteiger partial charge on any atom is 0.0979 e. The first-order chi connectivity index (χ1) is 45.1. The van der Waals surface area contributed by atoms with Gasteiger partial charge in [-0.2, -0.15) is 0 Å². The summed E-state index contributed by atoms with van der Waals surface area (Å²) in [5, 5.41) is 12.6. The smallest absolute Gasteiger partial charge is 0.0979 e. The van der Waals surface area contributed by atoms with E-state index in [9.17, 15) is 0 Å². The highest BCUT2D eigenvalue weighted by Gasteiger charge is 2.25. The second-order valence-electron chi connectivity index (χ2n) is 27.8. The van der Waals surface area contributed by atoms with Crippen molar-refractivity contribution in [3.63, 3.8) is 0 Å². The standard InChI is InChI=1S/C86H77N5/c1-6-18-54(19-7-1)60-32-38-69-73(46-60)75-48-62(56-22-10-3-11-23-56)34-40-71(75)85-83(69)87-52-79(89-85)66-28-16-26-58(44-66)64-36-42-81-77(50-64)78-51-65(37-43-82(78)91(81)68-30-14-5-15-31-68)59-27-17-29-67(45-59)80-53-88-84-70-39-33-61(55-20-8-2-9-21-55)47-74(70)76-49-63(57-24-12-4-13-25-57)35-41-72(76)86(84)90-80/h5,14-17,26-57H,1-4,6-13,18-25H2. The minimum atomic E-state index is 0.624. The largest absolute Gasteiger partial charge is 0.309 e. The lowest BCUT2D eigenvalue weighted by Crippen LogP contribution is -2.05. The van der Waals surface area contributed by atoms with Crippen molar-refractivity contribution in [1.82, 2.24) is 24.5 Å². The van der Waals surface area contributed by atoms with E-state index in [1.165, 1.54) is 216 Å². The molecule has 4 saturated carbocycles. The first-order valence-corrected chi connectivity index (χ1v) is 34.8. The number of nitrogens with zero attached hydrogens (tertiary/aromatic N) is 5. The average molecular weight is 1180 g/mol. The number of benzene rings is 11. The molecular weight excluding hydrogens is 1100 g/mol. The summed E-state index contributed by atoms with van der Waals surface area (Å²) in [5.74, 6) is 2.52. The van der Waals surface area contributed by atoms with Crippen LogP contribution in [0.25, 0.3) is 137 Å². The summed E-state index contributed by atoms with van der Waals surface area (Å²) >= 11 is 0. The molecule has 0 unspecified atom stereocenters. The van der Waals surface area contributed by atoms with Gasteiger partial charge in [-0.3, -0.25) is 9.97 Å². The van der Waals surface area contributed by atoms with Crippen LogP contribution in [-0.4, -0.2) is 24.5 Å². The highest BCUT2D eigenvalue weighted by molar-refractivity contribution is 6.25. The van der Waals surface area contributed by atoms with Crippen LogP contribution < -0.4 is 0 Å². The average Bonchev–Trinajstić information content (AvgIpc) is 1.52. The fourth-order valence-electron chi connectivity index (χ4n) is 17.5. The highest BCUT2D eigenvalue weighted by atomic mass is 15.0. The van der Waals surface area contributed by atoms with E-state index in [0.29, 0.717) is 23.7 Å². The van der Waals surface area contributed by atoms with Crippen molar-refractivity contribution in [2.75, 3.05) is 0 Å². The van der Waals surface area contributed by atoms with Gasteiger partial charge in [-0.05, 0) is 190 Å². The third-order valence-electron chi connectivity index (χ3n) is 22.4. The molecule has 18 rings (SSSR count). The summed E-state index contributed by atoms with van der Waals surface area (Å²) in [4.78, 5) is 21.9. The molecule has 4 aliphatic carbocycles. The maximum absolute atomic E-state index is 5.60. The predicted molar refractivity (Wildman–Crippen MR) is 382 cm³/mol. The molecule has 5 nitrogen and oxygen atoms in total. The SMILES string of the molecule is c1ccc(-n2c3ccc(-c4cccc(-c5cnc6c7ccc(C8CCCCC8)cc7c7cc(C8CCCCC8)ccc7c6n5)c4)cc3c3cc(-c4cccc(-c5cnc6c7ccc(C8CCCCC8)cc7c7cc(C8CCCCC8)ccc7c6n5)c4)ccc32)cc1. The van der Waals surface area contributed by atoms with Crippen LogP contribution in [0.4, 0.5) is 0 Å². The van der Waals surface area contributed by atoms with E-state index in [1.807, 2.05) is 12.4 Å². The molecule has 0 bridgehead atoms. The Morgan fingerprint density at radius 2 is 0.593 bits per heavy atom. The second kappa shape index (κ2) is 23.0. The Morgan fingerprint density at radius 3 is 0.967 bits per heavy atom. The molecule has 0 amide bonds. The third-order valence-corrected chi connectivity index (χ3v) is 22.4. The molecule has 0 saturated heterocycles. The Hall–Kier alpha value is -9.06. The molecule has 0 radical (unpaired) electrons. The summed E-state index contributed by atoms with van der Waals surface area (Å²) in [6.07, 6.45) is 30.3. The first kappa shape index (κ1) is 54.8. The molecule has 4 aliphatic rings. The van der Waals surface area contributed by atoms with Crippen LogP contribution in [0.15, 0.2) is 200 Å². The maximum atomic E-state index is 5.60. The van der Waals surface area contributed by atoms with E-state index in [4.69, 9.17) is 19.9 Å². The fraction of sp³-hybridized carbons (Fsp3) is 0.279. The van der Waals surface area contributed by atoms with Gasteiger partial charge in [-0.1, -0.05) is 217 Å². The summed E-state index contributed by atoms with van der Waals surface area (Å²) in [5.41, 5.74) is 21.9. The van der Waals surface area contributed by atoms with Gasteiger partial charge in [-0.15, -0.1) is 0 Å². The van der Waals surface area contributed by atoms with Crippen molar-refractivity contribution < 1.29 is 0 Å².